The summed E-state index contributed by atoms with van der Waals surface area (Å²) >= 11 is 3.34. The molecule has 1 rings (SSSR count). The van der Waals surface area contributed by atoms with Crippen LogP contribution in [0.15, 0.2) is 40.9 Å². The molecule has 0 radical (unpaired) electrons. The van der Waals surface area contributed by atoms with Crippen LogP contribution in [0, 0.1) is 0 Å². The van der Waals surface area contributed by atoms with Crippen molar-refractivity contribution in [2.75, 3.05) is 0 Å². The van der Waals surface area contributed by atoms with Gasteiger partial charge in [-0.2, -0.15) is 0 Å². The first-order chi connectivity index (χ1) is 6.33. The zero-order chi connectivity index (χ0) is 9.52. The Balaban J connectivity index is 2.28. The molecule has 0 fully saturated rings. The lowest BCUT2D eigenvalue weighted by molar-refractivity contribution is 0.813. The minimum Gasteiger partial charge on any atom is -0.0664 e. The van der Waals surface area contributed by atoms with Gasteiger partial charge in [-0.05, 0) is 36.7 Å². The van der Waals surface area contributed by atoms with Gasteiger partial charge in [-0.1, -0.05) is 51.8 Å². The van der Waals surface area contributed by atoms with Crippen molar-refractivity contribution in [2.45, 2.75) is 26.2 Å². The van der Waals surface area contributed by atoms with Crippen LogP contribution >= 0.6 is 15.9 Å². The Morgan fingerprint density at radius 1 is 1.31 bits per heavy atom. The first kappa shape index (κ1) is 10.5. The number of aryl methyl sites for hydroxylation is 1. The third-order valence-corrected chi connectivity index (χ3v) is 2.85. The molecule has 0 saturated heterocycles. The lowest BCUT2D eigenvalue weighted by Gasteiger charge is -2.00. The van der Waals surface area contributed by atoms with Gasteiger partial charge in [-0.15, -0.1) is 0 Å². The van der Waals surface area contributed by atoms with E-state index in [1.165, 1.54) is 30.4 Å². The Kier molecular flexibility index (Phi) is 4.84. The smallest absolute Gasteiger partial charge is 0.0200 e. The largest absolute Gasteiger partial charge is 0.0664 e. The Morgan fingerprint density at radius 2 is 2.00 bits per heavy atom. The number of benzene rings is 1. The van der Waals surface area contributed by atoms with E-state index in [1.807, 2.05) is 4.99 Å². The van der Waals surface area contributed by atoms with Crippen LogP contribution in [0.3, 0.4) is 0 Å². The molecule has 0 nitrogen and oxygen atoms in total. The van der Waals surface area contributed by atoms with Crippen LogP contribution in [0.5, 0.6) is 0 Å². The SMILES string of the molecule is CC(=CBr)CCCc1ccccc1. The van der Waals surface area contributed by atoms with E-state index in [9.17, 15) is 0 Å². The predicted molar refractivity (Wildman–Crippen MR) is 62.1 cm³/mol. The number of allylic oxidation sites excluding steroid dienone is 1. The van der Waals surface area contributed by atoms with E-state index < -0.39 is 0 Å². The van der Waals surface area contributed by atoms with Crippen molar-refractivity contribution in [3.63, 3.8) is 0 Å². The number of hydrogen-bond donors (Lipinski definition) is 0. The van der Waals surface area contributed by atoms with E-state index in [4.69, 9.17) is 0 Å². The van der Waals surface area contributed by atoms with Crippen LogP contribution in [0.2, 0.25) is 0 Å². The molecule has 0 saturated carbocycles. The van der Waals surface area contributed by atoms with Gasteiger partial charge in [0, 0.05) is 0 Å². The average molecular weight is 239 g/mol. The molecule has 0 amide bonds. The maximum Gasteiger partial charge on any atom is -0.0200 e. The standard InChI is InChI=1S/C12H15Br/c1-11(10-13)6-5-9-12-7-3-2-4-8-12/h2-4,7-8,10H,5-6,9H2,1H3. The van der Waals surface area contributed by atoms with E-state index >= 15 is 0 Å². The maximum absolute atomic E-state index is 3.34. The van der Waals surface area contributed by atoms with Gasteiger partial charge in [-0.3, -0.25) is 0 Å². The van der Waals surface area contributed by atoms with Crippen molar-refractivity contribution in [1.29, 1.82) is 0 Å². The molecule has 0 spiro atoms. The zero-order valence-corrected chi connectivity index (χ0v) is 9.55. The van der Waals surface area contributed by atoms with Gasteiger partial charge in [0.1, 0.15) is 0 Å². The Bertz CT molecular complexity index is 262. The predicted octanol–water partition coefficient (Wildman–Crippen LogP) is 4.31. The summed E-state index contributed by atoms with van der Waals surface area (Å²) in [4.78, 5) is 2.01. The summed E-state index contributed by atoms with van der Waals surface area (Å²) in [6, 6.07) is 10.6. The summed E-state index contributed by atoms with van der Waals surface area (Å²) in [5, 5.41) is 0. The normalized spacial score (nSPS) is 11.7. The molecule has 70 valence electrons. The molecule has 0 aromatic heterocycles. The quantitative estimate of drug-likeness (QED) is 0.734. The van der Waals surface area contributed by atoms with E-state index in [2.05, 4.69) is 53.2 Å². The summed E-state index contributed by atoms with van der Waals surface area (Å²) in [6.07, 6.45) is 3.59. The minimum absolute atomic E-state index is 1.18. The van der Waals surface area contributed by atoms with Crippen LogP contribution in [0.1, 0.15) is 25.3 Å². The molecule has 0 N–H and O–H groups in total. The molecule has 1 aromatic rings. The van der Waals surface area contributed by atoms with E-state index in [0.717, 1.165) is 0 Å². The van der Waals surface area contributed by atoms with Crippen LogP contribution in [-0.2, 0) is 6.42 Å². The lowest BCUT2D eigenvalue weighted by atomic mass is 10.1. The third-order valence-electron chi connectivity index (χ3n) is 2.07. The fourth-order valence-corrected chi connectivity index (χ4v) is 1.50. The molecule has 0 atom stereocenters. The van der Waals surface area contributed by atoms with E-state index in [-0.39, 0.29) is 0 Å². The van der Waals surface area contributed by atoms with Crippen molar-refractivity contribution < 1.29 is 0 Å². The van der Waals surface area contributed by atoms with Gasteiger partial charge in [0.15, 0.2) is 0 Å². The van der Waals surface area contributed by atoms with Crippen molar-refractivity contribution in [1.82, 2.24) is 0 Å². The summed E-state index contributed by atoms with van der Waals surface area (Å²) in [6.45, 7) is 2.15. The number of rotatable bonds is 4. The first-order valence-electron chi connectivity index (χ1n) is 4.62. The van der Waals surface area contributed by atoms with Gasteiger partial charge in [0.2, 0.25) is 0 Å². The van der Waals surface area contributed by atoms with Crippen LogP contribution in [0.25, 0.3) is 0 Å². The van der Waals surface area contributed by atoms with Crippen LogP contribution < -0.4 is 0 Å². The highest BCUT2D eigenvalue weighted by atomic mass is 79.9. The summed E-state index contributed by atoms with van der Waals surface area (Å²) in [5.41, 5.74) is 2.85. The molecule has 0 heterocycles. The minimum atomic E-state index is 1.18. The molecule has 13 heavy (non-hydrogen) atoms. The van der Waals surface area contributed by atoms with Crippen LogP contribution in [0.4, 0.5) is 0 Å². The maximum atomic E-state index is 3.34. The van der Waals surface area contributed by atoms with E-state index in [1.54, 1.807) is 0 Å². The molecule has 0 aliphatic carbocycles. The molecule has 0 unspecified atom stereocenters. The molecule has 1 heteroatoms. The fourth-order valence-electron chi connectivity index (χ4n) is 1.27. The number of halogens is 1. The Hall–Kier alpha value is -0.560. The third kappa shape index (κ3) is 4.28. The molecule has 0 aliphatic rings. The van der Waals surface area contributed by atoms with Crippen molar-refractivity contribution in [2.24, 2.45) is 0 Å². The van der Waals surface area contributed by atoms with Gasteiger partial charge in [0.25, 0.3) is 0 Å². The zero-order valence-electron chi connectivity index (χ0n) is 7.96. The monoisotopic (exact) mass is 238 g/mol. The second kappa shape index (κ2) is 5.98. The molecular weight excluding hydrogens is 224 g/mol. The highest BCUT2D eigenvalue weighted by Gasteiger charge is 1.92. The topological polar surface area (TPSA) is 0 Å². The fraction of sp³-hybridized carbons (Fsp3) is 0.333. The Morgan fingerprint density at radius 3 is 2.62 bits per heavy atom. The highest BCUT2D eigenvalue weighted by Crippen LogP contribution is 2.10. The average Bonchev–Trinajstić information content (AvgIpc) is 2.19. The summed E-state index contributed by atoms with van der Waals surface area (Å²) < 4.78 is 0. The second-order valence-corrected chi connectivity index (χ2v) is 3.75. The molecule has 1 aromatic carbocycles. The van der Waals surface area contributed by atoms with Gasteiger partial charge in [0.05, 0.1) is 0 Å². The van der Waals surface area contributed by atoms with Crippen molar-refractivity contribution in [3.8, 4) is 0 Å². The van der Waals surface area contributed by atoms with Crippen LogP contribution in [-0.4, -0.2) is 0 Å². The lowest BCUT2D eigenvalue weighted by Crippen LogP contribution is -1.85. The van der Waals surface area contributed by atoms with Gasteiger partial charge >= 0.3 is 0 Å². The number of hydrogen-bond acceptors (Lipinski definition) is 0. The molecular formula is C12H15Br. The van der Waals surface area contributed by atoms with Crippen molar-refractivity contribution >= 4 is 15.9 Å². The van der Waals surface area contributed by atoms with Gasteiger partial charge in [-0.25, -0.2) is 0 Å². The van der Waals surface area contributed by atoms with Crippen molar-refractivity contribution in [3.05, 3.63) is 46.5 Å². The second-order valence-electron chi connectivity index (χ2n) is 3.29. The first-order valence-corrected chi connectivity index (χ1v) is 5.54. The molecule has 0 aliphatic heterocycles. The van der Waals surface area contributed by atoms with Gasteiger partial charge < -0.3 is 0 Å². The highest BCUT2D eigenvalue weighted by molar-refractivity contribution is 9.11. The Labute approximate surface area is 88.8 Å². The van der Waals surface area contributed by atoms with E-state index in [0.29, 0.717) is 0 Å². The summed E-state index contributed by atoms with van der Waals surface area (Å²) in [7, 11) is 0. The summed E-state index contributed by atoms with van der Waals surface area (Å²) in [5.74, 6) is 0. The molecule has 0 bridgehead atoms.